The highest BCUT2D eigenvalue weighted by atomic mass is 127. The lowest BCUT2D eigenvalue weighted by Gasteiger charge is -2.36. The van der Waals surface area contributed by atoms with Gasteiger partial charge in [-0.15, -0.1) is 24.0 Å². The lowest BCUT2D eigenvalue weighted by atomic mass is 9.99. The molecule has 29 heavy (non-hydrogen) atoms. The number of nitrogens with one attached hydrogen (secondary N) is 2. The summed E-state index contributed by atoms with van der Waals surface area (Å²) in [6.45, 7) is 10.2. The number of methoxy groups -OCH3 is 1. The Morgan fingerprint density at radius 1 is 1.24 bits per heavy atom. The average molecular weight is 517 g/mol. The molecule has 8 heteroatoms. The van der Waals surface area contributed by atoms with Crippen LogP contribution in [-0.2, 0) is 9.53 Å². The van der Waals surface area contributed by atoms with E-state index in [0.717, 1.165) is 38.7 Å². The number of rotatable bonds is 8. The number of ether oxygens (including phenoxy) is 1. The lowest BCUT2D eigenvalue weighted by Crippen LogP contribution is -2.54. The maximum Gasteiger partial charge on any atom is 0.234 e. The van der Waals surface area contributed by atoms with Crippen molar-refractivity contribution in [1.82, 2.24) is 20.4 Å². The number of hydrogen-bond donors (Lipinski definition) is 2. The van der Waals surface area contributed by atoms with Crippen LogP contribution < -0.4 is 10.6 Å². The molecular weight excluding hydrogens is 481 g/mol. The molecule has 1 aromatic carbocycles. The summed E-state index contributed by atoms with van der Waals surface area (Å²) in [6, 6.07) is 8.66. The largest absolute Gasteiger partial charge is 0.383 e. The van der Waals surface area contributed by atoms with E-state index in [-0.39, 0.29) is 29.9 Å². The van der Waals surface area contributed by atoms with Crippen molar-refractivity contribution < 1.29 is 9.53 Å². The van der Waals surface area contributed by atoms with Crippen molar-refractivity contribution in [3.05, 3.63) is 35.4 Å². The van der Waals surface area contributed by atoms with Crippen LogP contribution >= 0.6 is 24.0 Å². The summed E-state index contributed by atoms with van der Waals surface area (Å²) in [4.78, 5) is 20.8. The topological polar surface area (TPSA) is 69.2 Å². The molecule has 2 N–H and O–H groups in total. The average Bonchev–Trinajstić information content (AvgIpc) is 2.69. The van der Waals surface area contributed by atoms with Gasteiger partial charge in [-0.2, -0.15) is 0 Å². The first-order valence-corrected chi connectivity index (χ1v) is 10.0. The van der Waals surface area contributed by atoms with E-state index in [1.807, 2.05) is 7.05 Å². The third-order valence-electron chi connectivity index (χ3n) is 5.06. The Kier molecular flexibility index (Phi) is 12.2. The SMILES string of the molecule is CN=C(NCC(C)c1cccc(C)c1)N1CCN(CC(=O)NCCOC)CC1.I. The van der Waals surface area contributed by atoms with Crippen LogP contribution in [-0.4, -0.2) is 88.2 Å². The number of amides is 1. The fourth-order valence-electron chi connectivity index (χ4n) is 3.34. The Morgan fingerprint density at radius 3 is 2.59 bits per heavy atom. The van der Waals surface area contributed by atoms with E-state index in [9.17, 15) is 4.79 Å². The highest BCUT2D eigenvalue weighted by Crippen LogP contribution is 2.15. The van der Waals surface area contributed by atoms with Crippen LogP contribution in [0.2, 0.25) is 0 Å². The van der Waals surface area contributed by atoms with Crippen LogP contribution in [0.25, 0.3) is 0 Å². The van der Waals surface area contributed by atoms with Crippen molar-refractivity contribution in [2.24, 2.45) is 4.99 Å². The summed E-state index contributed by atoms with van der Waals surface area (Å²) in [7, 11) is 3.46. The van der Waals surface area contributed by atoms with E-state index in [2.05, 4.69) is 63.5 Å². The van der Waals surface area contributed by atoms with Crippen molar-refractivity contribution in [2.75, 3.05) is 66.6 Å². The first kappa shape index (κ1) is 25.6. The Hall–Kier alpha value is -1.39. The van der Waals surface area contributed by atoms with Gasteiger partial charge in [0.2, 0.25) is 5.91 Å². The quantitative estimate of drug-likeness (QED) is 0.238. The second kappa shape index (κ2) is 13.8. The number of nitrogens with zero attached hydrogens (tertiary/aromatic N) is 3. The van der Waals surface area contributed by atoms with Crippen LogP contribution in [0.3, 0.4) is 0 Å². The summed E-state index contributed by atoms with van der Waals surface area (Å²) in [6.07, 6.45) is 0. The minimum atomic E-state index is 0. The highest BCUT2D eigenvalue weighted by molar-refractivity contribution is 14.0. The van der Waals surface area contributed by atoms with Crippen molar-refractivity contribution in [1.29, 1.82) is 0 Å². The van der Waals surface area contributed by atoms with Crippen molar-refractivity contribution >= 4 is 35.8 Å². The maximum absolute atomic E-state index is 11.9. The summed E-state index contributed by atoms with van der Waals surface area (Å²) in [5, 5.41) is 6.38. The molecule has 0 radical (unpaired) electrons. The smallest absolute Gasteiger partial charge is 0.234 e. The number of piperazine rings is 1. The molecule has 0 spiro atoms. The van der Waals surface area contributed by atoms with Crippen LogP contribution in [0.15, 0.2) is 29.3 Å². The van der Waals surface area contributed by atoms with Gasteiger partial charge in [-0.1, -0.05) is 36.8 Å². The second-order valence-corrected chi connectivity index (χ2v) is 7.35. The first-order chi connectivity index (χ1) is 13.5. The van der Waals surface area contributed by atoms with Crippen molar-refractivity contribution in [2.45, 2.75) is 19.8 Å². The lowest BCUT2D eigenvalue weighted by molar-refractivity contribution is -0.122. The minimum Gasteiger partial charge on any atom is -0.383 e. The highest BCUT2D eigenvalue weighted by Gasteiger charge is 2.21. The van der Waals surface area contributed by atoms with E-state index in [1.54, 1.807) is 7.11 Å². The predicted molar refractivity (Wildman–Crippen MR) is 129 cm³/mol. The molecule has 1 aliphatic rings. The van der Waals surface area contributed by atoms with E-state index in [1.165, 1.54) is 11.1 Å². The van der Waals surface area contributed by atoms with Gasteiger partial charge in [0.1, 0.15) is 0 Å². The molecular formula is C21H36IN5O2. The number of carbonyl (C=O) groups excluding carboxylic acids is 1. The molecule has 0 aliphatic carbocycles. The Balaban J connectivity index is 0.00000420. The minimum absolute atomic E-state index is 0. The zero-order chi connectivity index (χ0) is 20.4. The third kappa shape index (κ3) is 8.88. The molecule has 1 atom stereocenters. The molecule has 1 heterocycles. The zero-order valence-electron chi connectivity index (χ0n) is 18.1. The first-order valence-electron chi connectivity index (χ1n) is 10.0. The molecule has 164 valence electrons. The van der Waals surface area contributed by atoms with Gasteiger partial charge in [-0.05, 0) is 18.4 Å². The molecule has 1 amide bonds. The van der Waals surface area contributed by atoms with Gasteiger partial charge in [-0.25, -0.2) is 0 Å². The van der Waals surface area contributed by atoms with E-state index >= 15 is 0 Å². The predicted octanol–water partition coefficient (Wildman–Crippen LogP) is 1.67. The Labute approximate surface area is 192 Å². The second-order valence-electron chi connectivity index (χ2n) is 7.35. The monoisotopic (exact) mass is 517 g/mol. The number of halogens is 1. The van der Waals surface area contributed by atoms with Gasteiger partial charge >= 0.3 is 0 Å². The normalized spacial score (nSPS) is 16.1. The van der Waals surface area contributed by atoms with Gasteiger partial charge in [-0.3, -0.25) is 14.7 Å². The summed E-state index contributed by atoms with van der Waals surface area (Å²) in [5.41, 5.74) is 2.63. The summed E-state index contributed by atoms with van der Waals surface area (Å²) in [5.74, 6) is 1.40. The molecule has 2 rings (SSSR count). The fourth-order valence-corrected chi connectivity index (χ4v) is 3.34. The third-order valence-corrected chi connectivity index (χ3v) is 5.06. The van der Waals surface area contributed by atoms with Gasteiger partial charge in [0.15, 0.2) is 5.96 Å². The van der Waals surface area contributed by atoms with Crippen molar-refractivity contribution in [3.8, 4) is 0 Å². The molecule has 0 saturated carbocycles. The molecule has 0 bridgehead atoms. The number of aryl methyl sites for hydroxylation is 1. The number of guanidine groups is 1. The Bertz CT molecular complexity index is 648. The van der Waals surface area contributed by atoms with E-state index in [0.29, 0.717) is 25.6 Å². The molecule has 7 nitrogen and oxygen atoms in total. The summed E-state index contributed by atoms with van der Waals surface area (Å²) >= 11 is 0. The van der Waals surface area contributed by atoms with Gasteiger partial charge < -0.3 is 20.3 Å². The van der Waals surface area contributed by atoms with Crippen LogP contribution in [0.5, 0.6) is 0 Å². The molecule has 0 aromatic heterocycles. The zero-order valence-corrected chi connectivity index (χ0v) is 20.4. The molecule has 1 saturated heterocycles. The van der Waals surface area contributed by atoms with E-state index < -0.39 is 0 Å². The summed E-state index contributed by atoms with van der Waals surface area (Å²) < 4.78 is 4.95. The standard InChI is InChI=1S/C21H35N5O2.HI/c1-17-6-5-7-19(14-17)18(2)15-24-21(22-3)26-11-9-25(10-12-26)16-20(27)23-8-13-28-4;/h5-7,14,18H,8-13,15-16H2,1-4H3,(H,22,24)(H,23,27);1H. The molecule has 1 fully saturated rings. The van der Waals surface area contributed by atoms with Gasteiger partial charge in [0.05, 0.1) is 13.2 Å². The fraction of sp³-hybridized carbons (Fsp3) is 0.619. The number of hydrogen-bond acceptors (Lipinski definition) is 4. The van der Waals surface area contributed by atoms with Crippen molar-refractivity contribution in [3.63, 3.8) is 0 Å². The Morgan fingerprint density at radius 2 is 1.97 bits per heavy atom. The van der Waals surface area contributed by atoms with Gasteiger partial charge in [0.25, 0.3) is 0 Å². The van der Waals surface area contributed by atoms with Gasteiger partial charge in [0, 0.05) is 53.4 Å². The maximum atomic E-state index is 11.9. The number of benzene rings is 1. The molecule has 1 unspecified atom stereocenters. The van der Waals surface area contributed by atoms with Crippen LogP contribution in [0, 0.1) is 6.92 Å². The van der Waals surface area contributed by atoms with Crippen LogP contribution in [0.4, 0.5) is 0 Å². The molecule has 1 aromatic rings. The number of aliphatic imine (C=N–C) groups is 1. The van der Waals surface area contributed by atoms with E-state index in [4.69, 9.17) is 4.74 Å². The van der Waals surface area contributed by atoms with Crippen LogP contribution in [0.1, 0.15) is 24.0 Å². The molecule has 1 aliphatic heterocycles. The number of carbonyl (C=O) groups is 1.